The molecule has 0 unspecified atom stereocenters. The zero-order valence-electron chi connectivity index (χ0n) is 11.4. The summed E-state index contributed by atoms with van der Waals surface area (Å²) < 4.78 is 4.85. The Hall–Kier alpha value is 0.969. The van der Waals surface area contributed by atoms with Gasteiger partial charge in [-0.1, -0.05) is 0 Å². The number of esters is 1. The molecule has 0 atom stereocenters. The second-order valence-electron chi connectivity index (χ2n) is 4.54. The first-order valence-electron chi connectivity index (χ1n) is 5.98. The summed E-state index contributed by atoms with van der Waals surface area (Å²) in [5, 5.41) is 0. The van der Waals surface area contributed by atoms with E-state index in [2.05, 4.69) is 43.8 Å². The zero-order valence-corrected chi connectivity index (χ0v) is 16.5. The quantitative estimate of drug-likeness (QED) is 0.241. The third-order valence-corrected chi connectivity index (χ3v) is 3.59. The van der Waals surface area contributed by atoms with Crippen LogP contribution in [-0.4, -0.2) is 39.7 Å². The molecule has 5 heteroatoms. The minimum atomic E-state index is -0.964. The number of carbonyl (C=O) groups is 1. The predicted octanol–water partition coefficient (Wildman–Crippen LogP) is 3.26. The van der Waals surface area contributed by atoms with E-state index in [0.29, 0.717) is 0 Å². The van der Waals surface area contributed by atoms with E-state index in [-0.39, 0.29) is 0 Å². The van der Waals surface area contributed by atoms with Gasteiger partial charge in [-0.2, -0.15) is 25.3 Å². The number of hydrogen-bond donors (Lipinski definition) is 2. The van der Waals surface area contributed by atoms with Gasteiger partial charge in [0, 0.05) is 0 Å². The molecule has 0 amide bonds. The number of rotatable bonds is 6. The number of methoxy groups -OCH3 is 1. The summed E-state index contributed by atoms with van der Waals surface area (Å²) >= 11 is 9.10. The Morgan fingerprint density at radius 2 is 1.82 bits per heavy atom. The van der Waals surface area contributed by atoms with E-state index in [1.165, 1.54) is 59.8 Å². The summed E-state index contributed by atoms with van der Waals surface area (Å²) in [6, 6.07) is 0. The maximum atomic E-state index is 10.5. The Balaban J connectivity index is 0. The maximum absolute atomic E-state index is 10.5. The third-order valence-electron chi connectivity index (χ3n) is 2.06. The molecule has 0 rings (SSSR count). The Bertz CT molecular complexity index is 191. The molecule has 0 aliphatic rings. The van der Waals surface area contributed by atoms with E-state index < -0.39 is 10.0 Å². The molecule has 2 nitrogen and oxygen atoms in total. The van der Waals surface area contributed by atoms with E-state index in [0.717, 1.165) is 5.92 Å². The number of thiol groups is 2. The summed E-state index contributed by atoms with van der Waals surface area (Å²) in [6.45, 7) is 6.16. The van der Waals surface area contributed by atoms with Crippen LogP contribution in [-0.2, 0) is 9.53 Å². The van der Waals surface area contributed by atoms with E-state index in [1.54, 1.807) is 6.92 Å². The van der Waals surface area contributed by atoms with Gasteiger partial charge in [0.1, 0.15) is 0 Å². The average Bonchev–Trinajstić information content (AvgIpc) is 2.22. The fourth-order valence-electron chi connectivity index (χ4n) is 1.07. The van der Waals surface area contributed by atoms with Crippen LogP contribution in [0.1, 0.15) is 46.5 Å². The largest absolute Gasteiger partial charge is 0.467 e. The molecule has 0 heterocycles. The summed E-state index contributed by atoms with van der Waals surface area (Å²) in [7, 11) is 1.30. The van der Waals surface area contributed by atoms with E-state index in [4.69, 9.17) is 0 Å². The van der Waals surface area contributed by atoms with Crippen LogP contribution in [0.25, 0.3) is 0 Å². The van der Waals surface area contributed by atoms with Gasteiger partial charge in [-0.3, -0.25) is 0 Å². The molecule has 0 aliphatic heterocycles. The van der Waals surface area contributed by atoms with Crippen LogP contribution < -0.4 is 0 Å². The number of carbonyl (C=O) groups excluding carboxylic acids is 1. The van der Waals surface area contributed by atoms with Crippen molar-refractivity contribution < 1.29 is 9.53 Å². The average molecular weight is 385 g/mol. The Morgan fingerprint density at radius 1 is 1.29 bits per heavy atom. The maximum Gasteiger partial charge on any atom is 0.331 e. The second-order valence-corrected chi connectivity index (χ2v) is 8.33. The Labute approximate surface area is 131 Å². The molecule has 0 aromatic heterocycles. The van der Waals surface area contributed by atoms with Crippen LogP contribution in [0.4, 0.5) is 0 Å². The van der Waals surface area contributed by atoms with E-state index in [1.807, 2.05) is 0 Å². The molecule has 0 bridgehead atoms. The van der Waals surface area contributed by atoms with Gasteiger partial charge in [-0.05, 0) is 6.92 Å². The van der Waals surface area contributed by atoms with Gasteiger partial charge in [-0.15, -0.1) is 0 Å². The molecule has 0 N–H and O–H groups in total. The molecule has 2 radical (unpaired) electrons. The monoisotopic (exact) mass is 386 g/mol. The molecule has 0 aromatic rings. The van der Waals surface area contributed by atoms with Gasteiger partial charge in [-0.25, -0.2) is 4.79 Å². The van der Waals surface area contributed by atoms with E-state index in [9.17, 15) is 4.79 Å². The van der Waals surface area contributed by atoms with Crippen molar-refractivity contribution in [2.75, 3.05) is 7.11 Å². The van der Waals surface area contributed by atoms with Crippen molar-refractivity contribution in [1.29, 1.82) is 0 Å². The first-order valence-corrected chi connectivity index (χ1v) is 9.21. The number of unbranched alkanes of at least 4 members (excludes halogenated alkanes) is 2. The second kappa shape index (κ2) is 12.0. The Morgan fingerprint density at radius 3 is 2.06 bits per heavy atom. The molecular weight excluding hydrogens is 359 g/mol. The van der Waals surface area contributed by atoms with Crippen molar-refractivity contribution in [3.63, 3.8) is 0 Å². The first kappa shape index (κ1) is 20.3. The van der Waals surface area contributed by atoms with Crippen molar-refractivity contribution in [2.45, 2.75) is 55.0 Å². The molecular formula is C12H26O2S2Sn. The van der Waals surface area contributed by atoms with Gasteiger partial charge in [0.2, 0.25) is 0 Å². The first-order chi connectivity index (χ1) is 7.75. The van der Waals surface area contributed by atoms with Gasteiger partial charge in [0.25, 0.3) is 0 Å². The minimum absolute atomic E-state index is 0.441. The van der Waals surface area contributed by atoms with Crippen LogP contribution in [0.15, 0.2) is 0 Å². The fourth-order valence-corrected chi connectivity index (χ4v) is 2.07. The summed E-state index contributed by atoms with van der Waals surface area (Å²) in [5.74, 6) is 0.475. The van der Waals surface area contributed by atoms with E-state index >= 15 is 0 Å². The Kier molecular flexibility index (Phi) is 14.4. The summed E-state index contributed by atoms with van der Waals surface area (Å²) in [6.07, 6.45) is 5.84. The SMILES string of the molecule is CC(C)CCCC[CH2][SnH].COC(=O)C(C)(S)S. The summed E-state index contributed by atoms with van der Waals surface area (Å²) in [5.41, 5.74) is 0. The molecule has 0 fully saturated rings. The molecule has 0 saturated carbocycles. The molecule has 0 saturated heterocycles. The van der Waals surface area contributed by atoms with Gasteiger partial charge in [0.15, 0.2) is 4.08 Å². The van der Waals surface area contributed by atoms with Crippen molar-refractivity contribution in [1.82, 2.24) is 0 Å². The van der Waals surface area contributed by atoms with Gasteiger partial charge >= 0.3 is 78.4 Å². The van der Waals surface area contributed by atoms with Crippen LogP contribution in [0, 0.1) is 5.92 Å². The van der Waals surface area contributed by atoms with Crippen molar-refractivity contribution in [3.05, 3.63) is 0 Å². The van der Waals surface area contributed by atoms with Crippen LogP contribution in [0.3, 0.4) is 0 Å². The fraction of sp³-hybridized carbons (Fsp3) is 0.917. The number of ether oxygens (including phenoxy) is 1. The minimum Gasteiger partial charge on any atom is -0.467 e. The number of hydrogen-bond acceptors (Lipinski definition) is 4. The van der Waals surface area contributed by atoms with Crippen molar-refractivity contribution in [3.8, 4) is 0 Å². The molecule has 17 heavy (non-hydrogen) atoms. The van der Waals surface area contributed by atoms with Crippen LogP contribution in [0.5, 0.6) is 0 Å². The topological polar surface area (TPSA) is 26.3 Å². The zero-order chi connectivity index (χ0) is 13.9. The summed E-state index contributed by atoms with van der Waals surface area (Å²) in [4.78, 5) is 10.5. The third kappa shape index (κ3) is 17.0. The molecule has 0 aromatic carbocycles. The predicted molar refractivity (Wildman–Crippen MR) is 83.7 cm³/mol. The molecule has 0 spiro atoms. The van der Waals surface area contributed by atoms with Crippen LogP contribution >= 0.6 is 25.3 Å². The van der Waals surface area contributed by atoms with Gasteiger partial charge < -0.3 is 4.74 Å². The molecule has 0 aliphatic carbocycles. The van der Waals surface area contributed by atoms with Crippen molar-refractivity contribution in [2.24, 2.45) is 5.92 Å². The van der Waals surface area contributed by atoms with Gasteiger partial charge in [0.05, 0.1) is 7.11 Å². The normalized spacial score (nSPS) is 10.8. The standard InChI is InChI=1S/C8H17.C4H8O2S2.Sn.H/c1-4-5-6-7-8(2)3;1-4(7,8)3(5)6-2;;/h8H,1,4-7H2,2-3H3;7-8H,1-2H3;;. The smallest absolute Gasteiger partial charge is 0.331 e. The van der Waals surface area contributed by atoms with Crippen LogP contribution in [0.2, 0.25) is 4.44 Å². The van der Waals surface area contributed by atoms with Crippen molar-refractivity contribution >= 4 is 53.8 Å². The molecule has 102 valence electrons.